The van der Waals surface area contributed by atoms with Crippen LogP contribution in [0.3, 0.4) is 0 Å². The summed E-state index contributed by atoms with van der Waals surface area (Å²) in [5, 5.41) is 12.3. The molecule has 2 aromatic rings. The van der Waals surface area contributed by atoms with Crippen molar-refractivity contribution in [3.05, 3.63) is 21.8 Å². The smallest absolute Gasteiger partial charge is 0.341 e. The van der Waals surface area contributed by atoms with Gasteiger partial charge in [-0.25, -0.2) is 4.79 Å². The second-order valence-electron chi connectivity index (χ2n) is 7.80. The molecule has 2 amide bonds. The van der Waals surface area contributed by atoms with E-state index in [1.165, 1.54) is 51.0 Å². The van der Waals surface area contributed by atoms with Gasteiger partial charge in [0.1, 0.15) is 10.8 Å². The molecule has 1 fully saturated rings. The number of aromatic nitrogens is 3. The van der Waals surface area contributed by atoms with Crippen LogP contribution in [0.1, 0.15) is 70.4 Å². The molecule has 0 spiro atoms. The lowest BCUT2D eigenvalue weighted by molar-refractivity contribution is -0.113. The van der Waals surface area contributed by atoms with E-state index in [1.807, 2.05) is 6.92 Å². The minimum absolute atomic E-state index is 0.0883. The average Bonchev–Trinajstić information content (AvgIpc) is 3.32. The number of primary amides is 1. The predicted octanol–water partition coefficient (Wildman–Crippen LogP) is 3.41. The number of hydrogen-bond donors (Lipinski definition) is 2. The van der Waals surface area contributed by atoms with Gasteiger partial charge in [-0.3, -0.25) is 9.59 Å². The molecular weight excluding hydrogens is 450 g/mol. The van der Waals surface area contributed by atoms with Crippen molar-refractivity contribution in [1.82, 2.24) is 14.8 Å². The summed E-state index contributed by atoms with van der Waals surface area (Å²) in [6.45, 7) is 4.38. The summed E-state index contributed by atoms with van der Waals surface area (Å²) < 4.78 is 6.86. The third-order valence-corrected chi connectivity index (χ3v) is 7.84. The molecule has 3 N–H and O–H groups in total. The van der Waals surface area contributed by atoms with Crippen molar-refractivity contribution in [3.63, 3.8) is 0 Å². The van der Waals surface area contributed by atoms with E-state index in [0.717, 1.165) is 30.1 Å². The highest BCUT2D eigenvalue weighted by atomic mass is 32.2. The highest BCUT2D eigenvalue weighted by Crippen LogP contribution is 2.34. The molecule has 0 saturated heterocycles. The summed E-state index contributed by atoms with van der Waals surface area (Å²) in [4.78, 5) is 36.6. The highest BCUT2D eigenvalue weighted by Gasteiger charge is 2.26. The van der Waals surface area contributed by atoms with Gasteiger partial charge >= 0.3 is 5.97 Å². The molecule has 0 atom stereocenters. The van der Waals surface area contributed by atoms with Crippen LogP contribution in [0.4, 0.5) is 5.00 Å². The Kier molecular flexibility index (Phi) is 8.30. The van der Waals surface area contributed by atoms with Crippen LogP contribution in [0.5, 0.6) is 0 Å². The van der Waals surface area contributed by atoms with Crippen LogP contribution in [-0.2, 0) is 22.5 Å². The van der Waals surface area contributed by atoms with Gasteiger partial charge in [0.25, 0.3) is 5.91 Å². The van der Waals surface area contributed by atoms with Crippen LogP contribution >= 0.6 is 23.1 Å². The van der Waals surface area contributed by atoms with Gasteiger partial charge in [-0.2, -0.15) is 0 Å². The summed E-state index contributed by atoms with van der Waals surface area (Å²) in [7, 11) is 1.24. The maximum Gasteiger partial charge on any atom is 0.341 e. The molecule has 3 rings (SSSR count). The maximum absolute atomic E-state index is 12.6. The van der Waals surface area contributed by atoms with Crippen LogP contribution in [0, 0.1) is 12.8 Å². The van der Waals surface area contributed by atoms with Crippen LogP contribution in [0.25, 0.3) is 0 Å². The minimum atomic E-state index is -0.658. The van der Waals surface area contributed by atoms with Crippen molar-refractivity contribution in [3.8, 4) is 0 Å². The molecule has 1 saturated carbocycles. The number of thiophene rings is 1. The standard InChI is InChI=1S/C21H29N5O4S2/c1-4-26-14(10-13-8-6-5-7-9-13)24-25-21(26)31-11-15(27)23-19-16(20(29)30-3)12(2)17(32-19)18(22)28/h13H,4-11H2,1-3H3,(H2,22,28)(H,23,27). The predicted molar refractivity (Wildman–Crippen MR) is 124 cm³/mol. The number of rotatable bonds is 9. The Bertz CT molecular complexity index is 995. The molecule has 0 aliphatic heterocycles. The number of ether oxygens (including phenoxy) is 1. The zero-order valence-corrected chi connectivity index (χ0v) is 20.2. The number of carbonyl (C=O) groups is 3. The molecule has 0 bridgehead atoms. The third kappa shape index (κ3) is 5.50. The van der Waals surface area contributed by atoms with Crippen molar-refractivity contribution >= 4 is 45.9 Å². The summed E-state index contributed by atoms with van der Waals surface area (Å²) in [5.41, 5.74) is 5.94. The fourth-order valence-electron chi connectivity index (χ4n) is 4.02. The molecule has 174 valence electrons. The largest absolute Gasteiger partial charge is 0.465 e. The van der Waals surface area contributed by atoms with Gasteiger partial charge in [-0.15, -0.1) is 21.5 Å². The zero-order valence-electron chi connectivity index (χ0n) is 18.6. The summed E-state index contributed by atoms with van der Waals surface area (Å²) in [5.74, 6) is 0.0941. The van der Waals surface area contributed by atoms with Crippen molar-refractivity contribution in [1.29, 1.82) is 0 Å². The summed E-state index contributed by atoms with van der Waals surface area (Å²) >= 11 is 2.26. The van der Waals surface area contributed by atoms with E-state index in [9.17, 15) is 14.4 Å². The lowest BCUT2D eigenvalue weighted by Crippen LogP contribution is -2.17. The fraction of sp³-hybridized carbons (Fsp3) is 0.571. The Morgan fingerprint density at radius 3 is 2.59 bits per heavy atom. The second-order valence-corrected chi connectivity index (χ2v) is 9.77. The minimum Gasteiger partial charge on any atom is -0.465 e. The Labute approximate surface area is 195 Å². The van der Waals surface area contributed by atoms with Crippen molar-refractivity contribution in [2.24, 2.45) is 11.7 Å². The molecule has 2 aromatic heterocycles. The molecule has 1 aliphatic rings. The van der Waals surface area contributed by atoms with E-state index in [0.29, 0.717) is 16.6 Å². The number of nitrogens with two attached hydrogens (primary N) is 1. The molecule has 2 heterocycles. The van der Waals surface area contributed by atoms with Gasteiger partial charge in [0.05, 0.1) is 23.3 Å². The number of esters is 1. The number of anilines is 1. The first-order chi connectivity index (χ1) is 15.3. The first-order valence-corrected chi connectivity index (χ1v) is 12.5. The van der Waals surface area contributed by atoms with Crippen LogP contribution < -0.4 is 11.1 Å². The van der Waals surface area contributed by atoms with Crippen LogP contribution in [-0.4, -0.2) is 45.4 Å². The summed E-state index contributed by atoms with van der Waals surface area (Å²) in [6, 6.07) is 0. The highest BCUT2D eigenvalue weighted by molar-refractivity contribution is 7.99. The third-order valence-electron chi connectivity index (χ3n) is 5.65. The van der Waals surface area contributed by atoms with Gasteiger partial charge < -0.3 is 20.4 Å². The molecule has 32 heavy (non-hydrogen) atoms. The molecule has 1 aliphatic carbocycles. The lowest BCUT2D eigenvalue weighted by Gasteiger charge is -2.21. The monoisotopic (exact) mass is 479 g/mol. The van der Waals surface area contributed by atoms with E-state index < -0.39 is 11.9 Å². The van der Waals surface area contributed by atoms with Crippen molar-refractivity contribution in [2.45, 2.75) is 64.1 Å². The number of thioether (sulfide) groups is 1. The molecule has 0 unspecified atom stereocenters. The topological polar surface area (TPSA) is 129 Å². The zero-order chi connectivity index (χ0) is 23.3. The Balaban J connectivity index is 1.67. The Morgan fingerprint density at radius 1 is 1.25 bits per heavy atom. The first-order valence-electron chi connectivity index (χ1n) is 10.7. The first kappa shape index (κ1) is 24.2. The SMILES string of the molecule is CCn1c(CC2CCCCC2)nnc1SCC(=O)Nc1sc(C(N)=O)c(C)c1C(=O)OC. The molecule has 9 nitrogen and oxygen atoms in total. The fourth-order valence-corrected chi connectivity index (χ4v) is 5.91. The maximum atomic E-state index is 12.6. The van der Waals surface area contributed by atoms with E-state index in [4.69, 9.17) is 10.5 Å². The lowest BCUT2D eigenvalue weighted by atomic mass is 9.87. The van der Waals surface area contributed by atoms with Gasteiger partial charge in [0, 0.05) is 13.0 Å². The molecule has 11 heteroatoms. The quantitative estimate of drug-likeness (QED) is 0.416. The number of carbonyl (C=O) groups excluding carboxylic acids is 3. The Morgan fingerprint density at radius 2 is 1.97 bits per heavy atom. The van der Waals surface area contributed by atoms with Gasteiger partial charge in [0.15, 0.2) is 5.16 Å². The molecular formula is C21H29N5O4S2. The average molecular weight is 480 g/mol. The van der Waals surface area contributed by atoms with Gasteiger partial charge in [-0.1, -0.05) is 43.9 Å². The van der Waals surface area contributed by atoms with E-state index in [1.54, 1.807) is 6.92 Å². The number of methoxy groups -OCH3 is 1. The van der Waals surface area contributed by atoms with E-state index >= 15 is 0 Å². The van der Waals surface area contributed by atoms with Crippen molar-refractivity contribution in [2.75, 3.05) is 18.2 Å². The molecule has 0 aromatic carbocycles. The Hall–Kier alpha value is -2.40. The van der Waals surface area contributed by atoms with E-state index in [2.05, 4.69) is 20.1 Å². The van der Waals surface area contributed by atoms with Crippen molar-refractivity contribution < 1.29 is 19.1 Å². The number of amides is 2. The normalized spacial score (nSPS) is 14.3. The van der Waals surface area contributed by atoms with Gasteiger partial charge in [0.2, 0.25) is 5.91 Å². The van der Waals surface area contributed by atoms with Gasteiger partial charge in [-0.05, 0) is 25.3 Å². The van der Waals surface area contributed by atoms with Crippen LogP contribution in [0.15, 0.2) is 5.16 Å². The number of nitrogens with one attached hydrogen (secondary N) is 1. The van der Waals surface area contributed by atoms with Crippen LogP contribution in [0.2, 0.25) is 0 Å². The second kappa shape index (κ2) is 11.0. The number of nitrogens with zero attached hydrogens (tertiary/aromatic N) is 3. The number of hydrogen-bond acceptors (Lipinski definition) is 8. The molecule has 0 radical (unpaired) electrons. The van der Waals surface area contributed by atoms with E-state index in [-0.39, 0.29) is 27.1 Å². The summed E-state index contributed by atoms with van der Waals surface area (Å²) in [6.07, 6.45) is 7.25.